The lowest BCUT2D eigenvalue weighted by atomic mass is 9.95. The van der Waals surface area contributed by atoms with Gasteiger partial charge in [0.15, 0.2) is 6.29 Å². The number of anilines is 3. The molecule has 0 bridgehead atoms. The van der Waals surface area contributed by atoms with E-state index < -0.39 is 0 Å². The fourth-order valence-corrected chi connectivity index (χ4v) is 5.83. The molecule has 222 valence electrons. The fourth-order valence-electron chi connectivity index (χ4n) is 5.57. The summed E-state index contributed by atoms with van der Waals surface area (Å²) in [5.74, 6) is 0.429. The van der Waals surface area contributed by atoms with Gasteiger partial charge in [0.1, 0.15) is 17.9 Å². The molecule has 2 aliphatic heterocycles. The zero-order valence-electron chi connectivity index (χ0n) is 24.4. The van der Waals surface area contributed by atoms with Gasteiger partial charge in [0.05, 0.1) is 28.6 Å². The first-order valence-corrected chi connectivity index (χ1v) is 15.4. The molecular formula is C32H44ClN5O3. The number of rotatable bonds is 13. The summed E-state index contributed by atoms with van der Waals surface area (Å²) in [5.41, 5.74) is 9.90. The van der Waals surface area contributed by atoms with E-state index in [-0.39, 0.29) is 23.7 Å². The molecule has 2 heterocycles. The van der Waals surface area contributed by atoms with Crippen molar-refractivity contribution in [2.45, 2.75) is 64.8 Å². The molecule has 2 saturated heterocycles. The van der Waals surface area contributed by atoms with Crippen LogP contribution in [0.5, 0.6) is 0 Å². The van der Waals surface area contributed by atoms with Crippen molar-refractivity contribution in [2.24, 2.45) is 5.92 Å². The molecule has 0 spiro atoms. The zero-order chi connectivity index (χ0) is 29.2. The first kappa shape index (κ1) is 31.1. The molecule has 0 aliphatic carbocycles. The van der Waals surface area contributed by atoms with E-state index in [1.54, 1.807) is 6.07 Å². The number of nitrogens with zero attached hydrogens (tertiary/aromatic N) is 3. The van der Waals surface area contributed by atoms with Crippen molar-refractivity contribution in [3.05, 3.63) is 52.5 Å². The molecule has 2 aromatic carbocycles. The highest BCUT2D eigenvalue weighted by Crippen LogP contribution is 2.36. The first-order valence-electron chi connectivity index (χ1n) is 15.0. The van der Waals surface area contributed by atoms with Crippen LogP contribution < -0.4 is 15.5 Å². The summed E-state index contributed by atoms with van der Waals surface area (Å²) in [7, 11) is 0. The van der Waals surface area contributed by atoms with E-state index in [0.29, 0.717) is 36.3 Å². The van der Waals surface area contributed by atoms with Gasteiger partial charge in [-0.3, -0.25) is 5.41 Å². The number of benzene rings is 2. The zero-order valence-corrected chi connectivity index (χ0v) is 25.2. The van der Waals surface area contributed by atoms with Gasteiger partial charge in [-0.15, -0.1) is 0 Å². The summed E-state index contributed by atoms with van der Waals surface area (Å²) >= 11 is 6.26. The Bertz CT molecular complexity index is 1170. The van der Waals surface area contributed by atoms with Gasteiger partial charge in [0.2, 0.25) is 0 Å². The second kappa shape index (κ2) is 15.4. The average molecular weight is 582 g/mol. The molecule has 0 aromatic heterocycles. The van der Waals surface area contributed by atoms with E-state index in [0.717, 1.165) is 76.1 Å². The summed E-state index contributed by atoms with van der Waals surface area (Å²) in [6.45, 7) is 9.72. The van der Waals surface area contributed by atoms with Crippen LogP contribution in [0.3, 0.4) is 0 Å². The number of piperidine rings is 1. The van der Waals surface area contributed by atoms with E-state index >= 15 is 0 Å². The second-order valence-corrected chi connectivity index (χ2v) is 11.3. The molecule has 0 radical (unpaired) electrons. The van der Waals surface area contributed by atoms with Crippen LogP contribution in [0.4, 0.5) is 17.1 Å². The minimum atomic E-state index is -0.234. The molecule has 9 heteroatoms. The van der Waals surface area contributed by atoms with Crippen molar-refractivity contribution in [1.82, 2.24) is 0 Å². The Morgan fingerprint density at radius 3 is 2.32 bits per heavy atom. The maximum absolute atomic E-state index is 9.23. The van der Waals surface area contributed by atoms with Crippen molar-refractivity contribution < 1.29 is 14.2 Å². The van der Waals surface area contributed by atoms with Crippen molar-refractivity contribution in [3.8, 4) is 6.07 Å². The van der Waals surface area contributed by atoms with Gasteiger partial charge >= 0.3 is 0 Å². The third-order valence-electron chi connectivity index (χ3n) is 8.06. The Hall–Kier alpha value is -2.83. The van der Waals surface area contributed by atoms with E-state index in [1.807, 2.05) is 12.1 Å². The van der Waals surface area contributed by atoms with Crippen LogP contribution >= 0.6 is 11.6 Å². The van der Waals surface area contributed by atoms with Gasteiger partial charge in [-0.2, -0.15) is 5.26 Å². The van der Waals surface area contributed by atoms with Crippen LogP contribution in [0.2, 0.25) is 5.02 Å². The monoisotopic (exact) mass is 581 g/mol. The Balaban J connectivity index is 1.36. The molecule has 2 aromatic rings. The van der Waals surface area contributed by atoms with E-state index in [2.05, 4.69) is 47.9 Å². The smallest absolute Gasteiger partial charge is 0.160 e. The molecule has 3 N–H and O–H groups in total. The van der Waals surface area contributed by atoms with E-state index in [1.165, 1.54) is 5.69 Å². The minimum absolute atomic E-state index is 0.0970. The fraction of sp³-hybridized carbons (Fsp3) is 0.562. The molecule has 41 heavy (non-hydrogen) atoms. The lowest BCUT2D eigenvalue weighted by Crippen LogP contribution is -2.40. The molecule has 8 nitrogen and oxygen atoms in total. The predicted molar refractivity (Wildman–Crippen MR) is 166 cm³/mol. The SMILES string of the molecule is CCCCOC(OCCCC)C1CCN(c2ccc([C@H]3CN(c4ccc(Cl)c(C(=N)C#N)c4N)CCO3)cc2)CC1. The molecule has 2 aliphatic rings. The van der Waals surface area contributed by atoms with Crippen LogP contribution in [0.1, 0.15) is 69.6 Å². The normalized spacial score (nSPS) is 18.1. The molecule has 0 unspecified atom stereocenters. The van der Waals surface area contributed by atoms with Crippen LogP contribution in [0.15, 0.2) is 36.4 Å². The number of nitrogens with two attached hydrogens (primary N) is 1. The quantitative estimate of drug-likeness (QED) is 0.119. The third kappa shape index (κ3) is 7.92. The molecular weight excluding hydrogens is 538 g/mol. The van der Waals surface area contributed by atoms with Gasteiger partial charge < -0.3 is 29.7 Å². The highest BCUT2D eigenvalue weighted by Gasteiger charge is 2.29. The maximum atomic E-state index is 9.23. The lowest BCUT2D eigenvalue weighted by molar-refractivity contribution is -0.177. The van der Waals surface area contributed by atoms with Crippen molar-refractivity contribution in [3.63, 3.8) is 0 Å². The van der Waals surface area contributed by atoms with E-state index in [4.69, 9.17) is 37.0 Å². The van der Waals surface area contributed by atoms with Gasteiger partial charge in [-0.25, -0.2) is 0 Å². The standard InChI is InChI=1S/C32H44ClN5O3/c1-3-5-18-40-32(41-19-6-4-2)24-13-15-37(16-14-24)25-9-7-23(8-10-25)29-22-38(17-20-39-29)28-12-11-26(33)30(31(28)36)27(35)21-34/h7-12,24,29,32,35H,3-6,13-20,22,36H2,1-2H3/t29-/m1/s1. The van der Waals surface area contributed by atoms with Gasteiger partial charge in [0, 0.05) is 51.0 Å². The van der Waals surface area contributed by atoms with Crippen LogP contribution in [-0.4, -0.2) is 58.0 Å². The molecule has 1 atom stereocenters. The minimum Gasteiger partial charge on any atom is -0.396 e. The Morgan fingerprint density at radius 1 is 1.05 bits per heavy atom. The van der Waals surface area contributed by atoms with Crippen LogP contribution in [-0.2, 0) is 14.2 Å². The van der Waals surface area contributed by atoms with Gasteiger partial charge in [0.25, 0.3) is 0 Å². The molecule has 0 saturated carbocycles. The number of hydrogen-bond donors (Lipinski definition) is 2. The van der Waals surface area contributed by atoms with E-state index in [9.17, 15) is 5.26 Å². The van der Waals surface area contributed by atoms with Gasteiger partial charge in [-0.1, -0.05) is 50.4 Å². The summed E-state index contributed by atoms with van der Waals surface area (Å²) < 4.78 is 18.5. The van der Waals surface area contributed by atoms with Crippen molar-refractivity contribution >= 4 is 34.4 Å². The molecule has 4 rings (SSSR count). The predicted octanol–water partition coefficient (Wildman–Crippen LogP) is 6.57. The number of nitrogens with one attached hydrogen (secondary N) is 1. The van der Waals surface area contributed by atoms with Crippen LogP contribution in [0.25, 0.3) is 0 Å². The second-order valence-electron chi connectivity index (χ2n) is 10.9. The van der Waals surface area contributed by atoms with Crippen LogP contribution in [0, 0.1) is 22.7 Å². The highest BCUT2D eigenvalue weighted by molar-refractivity contribution is 6.36. The summed E-state index contributed by atoms with van der Waals surface area (Å²) in [6.07, 6.45) is 6.30. The Morgan fingerprint density at radius 2 is 1.71 bits per heavy atom. The number of nitrogen functional groups attached to an aromatic ring is 1. The summed E-state index contributed by atoms with van der Waals surface area (Å²) in [6, 6.07) is 14.1. The summed E-state index contributed by atoms with van der Waals surface area (Å²) in [5, 5.41) is 17.5. The number of morpholine rings is 1. The lowest BCUT2D eigenvalue weighted by Gasteiger charge is -2.37. The van der Waals surface area contributed by atoms with Crippen molar-refractivity contribution in [1.29, 1.82) is 10.7 Å². The molecule has 2 fully saturated rings. The number of hydrogen-bond acceptors (Lipinski definition) is 8. The highest BCUT2D eigenvalue weighted by atomic mass is 35.5. The number of unbranched alkanes of at least 4 members (excludes halogenated alkanes) is 2. The topological polar surface area (TPSA) is 108 Å². The number of ether oxygens (including phenoxy) is 3. The molecule has 0 amide bonds. The number of halogens is 1. The maximum Gasteiger partial charge on any atom is 0.160 e. The van der Waals surface area contributed by atoms with Gasteiger partial charge in [-0.05, 0) is 55.5 Å². The average Bonchev–Trinajstić information content (AvgIpc) is 3.00. The Kier molecular flexibility index (Phi) is 11.7. The first-order chi connectivity index (χ1) is 20.0. The summed E-state index contributed by atoms with van der Waals surface area (Å²) in [4.78, 5) is 4.60. The number of nitriles is 1. The largest absolute Gasteiger partial charge is 0.396 e. The van der Waals surface area contributed by atoms with Crippen molar-refractivity contribution in [2.75, 3.05) is 61.5 Å². The Labute approximate surface area is 249 Å². The third-order valence-corrected chi connectivity index (χ3v) is 8.37.